The fourth-order valence-corrected chi connectivity index (χ4v) is 4.31. The van der Waals surface area contributed by atoms with Crippen LogP contribution < -0.4 is 14.4 Å². The smallest absolute Gasteiger partial charge is 0.161 e. The van der Waals surface area contributed by atoms with Crippen LogP contribution in [-0.2, 0) is 16.8 Å². The fourth-order valence-electron chi connectivity index (χ4n) is 4.20. The normalized spacial score (nSPS) is 18.3. The zero-order valence-electron chi connectivity index (χ0n) is 16.0. The summed E-state index contributed by atoms with van der Waals surface area (Å²) in [5.74, 6) is 2.53. The van der Waals surface area contributed by atoms with Gasteiger partial charge in [0.1, 0.15) is 5.82 Å². The molecule has 2 aliphatic heterocycles. The van der Waals surface area contributed by atoms with E-state index in [1.165, 1.54) is 11.1 Å². The minimum Gasteiger partial charge on any atom is -0.493 e. The van der Waals surface area contributed by atoms with Gasteiger partial charge in [-0.15, -0.1) is 0 Å². The number of pyridine rings is 1. The number of rotatable bonds is 3. The zero-order chi connectivity index (χ0) is 19.0. The Labute approximate surface area is 165 Å². The topological polar surface area (TPSA) is 43.8 Å². The van der Waals surface area contributed by atoms with Crippen LogP contribution >= 0.6 is 11.6 Å². The summed E-state index contributed by atoms with van der Waals surface area (Å²) < 4.78 is 17.4. The second-order valence-corrected chi connectivity index (χ2v) is 7.59. The highest BCUT2D eigenvalue weighted by molar-refractivity contribution is 6.31. The lowest BCUT2D eigenvalue weighted by molar-refractivity contribution is -0.0768. The molecule has 6 heteroatoms. The molecular formula is C21H25ClN2O3. The van der Waals surface area contributed by atoms with E-state index in [9.17, 15) is 0 Å². The predicted octanol–water partition coefficient (Wildman–Crippen LogP) is 4.13. The molecular weight excluding hydrogens is 364 g/mol. The molecule has 1 saturated heterocycles. The third kappa shape index (κ3) is 3.23. The van der Waals surface area contributed by atoms with Gasteiger partial charge in [-0.1, -0.05) is 11.6 Å². The third-order valence-corrected chi connectivity index (χ3v) is 6.15. The van der Waals surface area contributed by atoms with E-state index in [4.69, 9.17) is 25.8 Å². The molecule has 5 nitrogen and oxygen atoms in total. The Kier molecular flexibility index (Phi) is 4.91. The van der Waals surface area contributed by atoms with E-state index in [2.05, 4.69) is 22.0 Å². The molecule has 2 aromatic rings. The van der Waals surface area contributed by atoms with Gasteiger partial charge >= 0.3 is 0 Å². The van der Waals surface area contributed by atoms with Gasteiger partial charge in [0.25, 0.3) is 0 Å². The van der Waals surface area contributed by atoms with Crippen molar-refractivity contribution in [1.29, 1.82) is 0 Å². The van der Waals surface area contributed by atoms with Gasteiger partial charge in [-0.25, -0.2) is 4.98 Å². The minimum atomic E-state index is -0.259. The molecule has 1 spiro atoms. The van der Waals surface area contributed by atoms with Gasteiger partial charge in [-0.2, -0.15) is 0 Å². The summed E-state index contributed by atoms with van der Waals surface area (Å²) in [6.45, 7) is 4.46. The van der Waals surface area contributed by atoms with Crippen molar-refractivity contribution in [2.75, 3.05) is 38.8 Å². The van der Waals surface area contributed by atoms with Crippen molar-refractivity contribution < 1.29 is 14.2 Å². The summed E-state index contributed by atoms with van der Waals surface area (Å²) in [7, 11) is 3.36. The largest absolute Gasteiger partial charge is 0.493 e. The standard InChI is InChI=1S/C21H25ClN2O3/c1-14-17(22)4-5-20(23-14)24-9-7-21(8-10-24)16-13-19(26-3)18(25-2)12-15(16)6-11-27-21/h4-5,12-13H,6-11H2,1-3H3. The van der Waals surface area contributed by atoms with E-state index < -0.39 is 0 Å². The second-order valence-electron chi connectivity index (χ2n) is 7.18. The molecule has 3 heterocycles. The number of ether oxygens (including phenoxy) is 3. The van der Waals surface area contributed by atoms with Crippen LogP contribution in [0.2, 0.25) is 5.02 Å². The maximum Gasteiger partial charge on any atom is 0.161 e. The first kappa shape index (κ1) is 18.4. The number of hydrogen-bond acceptors (Lipinski definition) is 5. The molecule has 144 valence electrons. The maximum atomic E-state index is 6.37. The van der Waals surface area contributed by atoms with Crippen molar-refractivity contribution in [1.82, 2.24) is 4.98 Å². The van der Waals surface area contributed by atoms with Crippen LogP contribution in [0.4, 0.5) is 5.82 Å². The van der Waals surface area contributed by atoms with Crippen molar-refractivity contribution >= 4 is 17.4 Å². The predicted molar refractivity (Wildman–Crippen MR) is 106 cm³/mol. The Bertz CT molecular complexity index is 848. The number of hydrogen-bond donors (Lipinski definition) is 0. The molecule has 0 aliphatic carbocycles. The number of aryl methyl sites for hydroxylation is 1. The van der Waals surface area contributed by atoms with E-state index in [1.807, 2.05) is 19.1 Å². The highest BCUT2D eigenvalue weighted by atomic mass is 35.5. The van der Waals surface area contributed by atoms with Crippen LogP contribution in [0.15, 0.2) is 24.3 Å². The summed E-state index contributed by atoms with van der Waals surface area (Å²) in [5.41, 5.74) is 3.15. The van der Waals surface area contributed by atoms with Crippen molar-refractivity contribution in [3.05, 3.63) is 46.1 Å². The molecule has 0 unspecified atom stereocenters. The average Bonchev–Trinajstić information content (AvgIpc) is 2.70. The zero-order valence-corrected chi connectivity index (χ0v) is 16.8. The fraction of sp³-hybridized carbons (Fsp3) is 0.476. The van der Waals surface area contributed by atoms with Gasteiger partial charge in [-0.05, 0) is 61.6 Å². The minimum absolute atomic E-state index is 0.259. The molecule has 2 aliphatic rings. The van der Waals surface area contributed by atoms with E-state index >= 15 is 0 Å². The van der Waals surface area contributed by atoms with Gasteiger partial charge in [0, 0.05) is 13.1 Å². The lowest BCUT2D eigenvalue weighted by Crippen LogP contribution is -2.47. The van der Waals surface area contributed by atoms with E-state index in [0.29, 0.717) is 5.02 Å². The molecule has 0 atom stereocenters. The Balaban J connectivity index is 1.61. The van der Waals surface area contributed by atoms with Crippen LogP contribution in [-0.4, -0.2) is 38.9 Å². The van der Waals surface area contributed by atoms with E-state index in [1.54, 1.807) is 14.2 Å². The average molecular weight is 389 g/mol. The van der Waals surface area contributed by atoms with Gasteiger partial charge in [0.2, 0.25) is 0 Å². The van der Waals surface area contributed by atoms with Gasteiger partial charge in [0.15, 0.2) is 11.5 Å². The van der Waals surface area contributed by atoms with Crippen molar-refractivity contribution in [3.63, 3.8) is 0 Å². The summed E-state index contributed by atoms with van der Waals surface area (Å²) >= 11 is 6.12. The first-order chi connectivity index (χ1) is 13.1. The lowest BCUT2D eigenvalue weighted by Gasteiger charge is -2.45. The molecule has 1 aromatic heterocycles. The second kappa shape index (κ2) is 7.21. The molecule has 0 radical (unpaired) electrons. The SMILES string of the molecule is COc1cc2c(cc1OC)C1(CCN(c3ccc(Cl)c(C)n3)CC1)OCC2. The number of methoxy groups -OCH3 is 2. The number of halogens is 1. The van der Waals surface area contributed by atoms with E-state index in [0.717, 1.165) is 62.0 Å². The summed E-state index contributed by atoms with van der Waals surface area (Å²) in [4.78, 5) is 6.95. The number of benzene rings is 1. The van der Waals surface area contributed by atoms with Crippen molar-refractivity contribution in [2.24, 2.45) is 0 Å². The number of piperidine rings is 1. The number of nitrogens with zero attached hydrogens (tertiary/aromatic N) is 2. The van der Waals surface area contributed by atoms with E-state index in [-0.39, 0.29) is 5.60 Å². The monoisotopic (exact) mass is 388 g/mol. The number of fused-ring (bicyclic) bond motifs is 2. The summed E-state index contributed by atoms with van der Waals surface area (Å²) in [6, 6.07) is 8.13. The van der Waals surface area contributed by atoms with Crippen LogP contribution in [0.1, 0.15) is 29.7 Å². The van der Waals surface area contributed by atoms with Crippen molar-refractivity contribution in [2.45, 2.75) is 31.8 Å². The quantitative estimate of drug-likeness (QED) is 0.791. The van der Waals surface area contributed by atoms with Crippen LogP contribution in [0.25, 0.3) is 0 Å². The molecule has 0 bridgehead atoms. The molecule has 0 amide bonds. The summed E-state index contributed by atoms with van der Waals surface area (Å²) in [6.07, 6.45) is 2.73. The molecule has 1 aromatic carbocycles. The Morgan fingerprint density at radius 2 is 1.81 bits per heavy atom. The molecule has 4 rings (SSSR count). The number of aromatic nitrogens is 1. The highest BCUT2D eigenvalue weighted by Crippen LogP contribution is 2.45. The molecule has 27 heavy (non-hydrogen) atoms. The number of anilines is 1. The maximum absolute atomic E-state index is 6.37. The molecule has 0 saturated carbocycles. The first-order valence-corrected chi connectivity index (χ1v) is 9.71. The Morgan fingerprint density at radius 3 is 2.48 bits per heavy atom. The molecule has 0 N–H and O–H groups in total. The Hall–Kier alpha value is -1.98. The van der Waals surface area contributed by atoms with Gasteiger partial charge in [-0.3, -0.25) is 0 Å². The van der Waals surface area contributed by atoms with Crippen molar-refractivity contribution in [3.8, 4) is 11.5 Å². The highest BCUT2D eigenvalue weighted by Gasteiger charge is 2.41. The summed E-state index contributed by atoms with van der Waals surface area (Å²) in [5, 5.41) is 0.706. The van der Waals surface area contributed by atoms with Crippen LogP contribution in [0.3, 0.4) is 0 Å². The van der Waals surface area contributed by atoms with Gasteiger partial charge < -0.3 is 19.1 Å². The van der Waals surface area contributed by atoms with Gasteiger partial charge in [0.05, 0.1) is 37.1 Å². The molecule has 1 fully saturated rings. The lowest BCUT2D eigenvalue weighted by atomic mass is 9.79. The Morgan fingerprint density at radius 1 is 1.11 bits per heavy atom. The van der Waals surface area contributed by atoms with Crippen LogP contribution in [0, 0.1) is 6.92 Å². The van der Waals surface area contributed by atoms with Crippen LogP contribution in [0.5, 0.6) is 11.5 Å². The first-order valence-electron chi connectivity index (χ1n) is 9.34. The third-order valence-electron chi connectivity index (χ3n) is 5.75.